The van der Waals surface area contributed by atoms with E-state index in [0.717, 1.165) is 22.4 Å². The Morgan fingerprint density at radius 2 is 1.52 bits per heavy atom. The Bertz CT molecular complexity index is 826. The molecular weight excluding hydrogens is 344 g/mol. The third-order valence-electron chi connectivity index (χ3n) is 3.97. The van der Waals surface area contributed by atoms with Crippen molar-refractivity contribution < 1.29 is 19.1 Å². The number of para-hydroxylation sites is 1. The molecule has 2 N–H and O–H groups in total. The molecule has 0 aliphatic heterocycles. The lowest BCUT2D eigenvalue weighted by Gasteiger charge is -2.11. The zero-order chi connectivity index (χ0) is 19.8. The van der Waals surface area contributed by atoms with Crippen molar-refractivity contribution in [2.75, 3.05) is 17.2 Å². The van der Waals surface area contributed by atoms with Gasteiger partial charge in [0.25, 0.3) is 5.91 Å². The van der Waals surface area contributed by atoms with E-state index < -0.39 is 11.9 Å². The van der Waals surface area contributed by atoms with Crippen LogP contribution in [0, 0.1) is 20.8 Å². The Kier molecular flexibility index (Phi) is 7.11. The summed E-state index contributed by atoms with van der Waals surface area (Å²) in [4.78, 5) is 35.6. The van der Waals surface area contributed by atoms with Crippen LogP contribution in [0.2, 0.25) is 0 Å². The van der Waals surface area contributed by atoms with Gasteiger partial charge in [0.1, 0.15) is 0 Å². The molecule has 2 rings (SSSR count). The van der Waals surface area contributed by atoms with E-state index in [0.29, 0.717) is 5.69 Å². The molecule has 0 radical (unpaired) electrons. The molecule has 0 aliphatic carbocycles. The van der Waals surface area contributed by atoms with Crippen LogP contribution in [0.1, 0.15) is 29.5 Å². The second-order valence-corrected chi connectivity index (χ2v) is 6.39. The van der Waals surface area contributed by atoms with Crippen LogP contribution in [0.3, 0.4) is 0 Å². The van der Waals surface area contributed by atoms with Gasteiger partial charge in [-0.3, -0.25) is 14.4 Å². The predicted molar refractivity (Wildman–Crippen MR) is 105 cm³/mol. The Morgan fingerprint density at radius 1 is 0.852 bits per heavy atom. The number of benzene rings is 2. The van der Waals surface area contributed by atoms with Crippen LogP contribution in [-0.4, -0.2) is 24.4 Å². The minimum Gasteiger partial charge on any atom is -0.456 e. The van der Waals surface area contributed by atoms with Gasteiger partial charge >= 0.3 is 5.97 Å². The molecule has 0 spiro atoms. The van der Waals surface area contributed by atoms with Gasteiger partial charge in [0, 0.05) is 17.8 Å². The summed E-state index contributed by atoms with van der Waals surface area (Å²) in [5, 5.41) is 5.46. The lowest BCUT2D eigenvalue weighted by molar-refractivity contribution is -0.147. The zero-order valence-electron chi connectivity index (χ0n) is 15.8. The lowest BCUT2D eigenvalue weighted by atomic mass is 10.1. The van der Waals surface area contributed by atoms with Gasteiger partial charge in [-0.15, -0.1) is 0 Å². The first-order valence-electron chi connectivity index (χ1n) is 8.73. The molecule has 0 saturated carbocycles. The van der Waals surface area contributed by atoms with Crippen LogP contribution in [0.4, 0.5) is 11.4 Å². The van der Waals surface area contributed by atoms with Crippen LogP contribution in [0.5, 0.6) is 0 Å². The van der Waals surface area contributed by atoms with Crippen LogP contribution in [0.15, 0.2) is 42.5 Å². The van der Waals surface area contributed by atoms with E-state index >= 15 is 0 Å². The number of ether oxygens (including phenoxy) is 1. The van der Waals surface area contributed by atoms with Gasteiger partial charge < -0.3 is 15.4 Å². The van der Waals surface area contributed by atoms with Gasteiger partial charge in [0.2, 0.25) is 5.91 Å². The molecule has 0 unspecified atom stereocenters. The van der Waals surface area contributed by atoms with E-state index in [9.17, 15) is 14.4 Å². The number of aryl methyl sites for hydroxylation is 3. The number of hydrogen-bond acceptors (Lipinski definition) is 4. The summed E-state index contributed by atoms with van der Waals surface area (Å²) in [5.41, 5.74) is 4.33. The molecule has 2 amide bonds. The highest BCUT2D eigenvalue weighted by Crippen LogP contribution is 2.19. The number of nitrogens with one attached hydrogen (secondary N) is 2. The Hall–Kier alpha value is -3.15. The van der Waals surface area contributed by atoms with Crippen LogP contribution in [0.25, 0.3) is 0 Å². The number of amides is 2. The van der Waals surface area contributed by atoms with Crippen LogP contribution < -0.4 is 10.6 Å². The standard InChI is InChI=1S/C21H24N2O4/c1-14-6-4-9-17(12-14)22-19(25)13-27-20(26)11-10-18(24)23-21-15(2)7-5-8-16(21)3/h4-9,12H,10-11,13H2,1-3H3,(H,22,25)(H,23,24). The third-order valence-corrected chi connectivity index (χ3v) is 3.97. The largest absolute Gasteiger partial charge is 0.456 e. The molecule has 0 bridgehead atoms. The summed E-state index contributed by atoms with van der Waals surface area (Å²) in [6.07, 6.45) is -0.0966. The van der Waals surface area contributed by atoms with E-state index in [1.807, 2.05) is 57.2 Å². The number of carbonyl (C=O) groups is 3. The predicted octanol–water partition coefficient (Wildman–Crippen LogP) is 3.51. The molecule has 142 valence electrons. The van der Waals surface area contributed by atoms with Crippen molar-refractivity contribution in [2.24, 2.45) is 0 Å². The van der Waals surface area contributed by atoms with Crippen molar-refractivity contribution in [1.29, 1.82) is 0 Å². The van der Waals surface area contributed by atoms with E-state index in [1.165, 1.54) is 0 Å². The summed E-state index contributed by atoms with van der Waals surface area (Å²) < 4.78 is 4.92. The summed E-state index contributed by atoms with van der Waals surface area (Å²) in [7, 11) is 0. The minimum absolute atomic E-state index is 0.00783. The second kappa shape index (κ2) is 9.52. The fraction of sp³-hybridized carbons (Fsp3) is 0.286. The van der Waals surface area contributed by atoms with Gasteiger partial charge in [-0.05, 0) is 49.6 Å². The van der Waals surface area contributed by atoms with Crippen molar-refractivity contribution in [3.8, 4) is 0 Å². The molecule has 0 aromatic heterocycles. The van der Waals surface area contributed by atoms with E-state index in [-0.39, 0.29) is 25.4 Å². The monoisotopic (exact) mass is 368 g/mol. The number of anilines is 2. The molecule has 2 aromatic rings. The van der Waals surface area contributed by atoms with Crippen molar-refractivity contribution in [3.63, 3.8) is 0 Å². The average Bonchev–Trinajstić information content (AvgIpc) is 2.61. The molecule has 6 nitrogen and oxygen atoms in total. The summed E-state index contributed by atoms with van der Waals surface area (Å²) >= 11 is 0. The Labute approximate surface area is 158 Å². The molecule has 0 fully saturated rings. The molecule has 6 heteroatoms. The highest BCUT2D eigenvalue weighted by atomic mass is 16.5. The SMILES string of the molecule is Cc1cccc(NC(=O)COC(=O)CCC(=O)Nc2c(C)cccc2C)c1. The van der Waals surface area contributed by atoms with Crippen molar-refractivity contribution >= 4 is 29.2 Å². The van der Waals surface area contributed by atoms with Crippen molar-refractivity contribution in [2.45, 2.75) is 33.6 Å². The number of carbonyl (C=O) groups excluding carboxylic acids is 3. The molecule has 0 heterocycles. The van der Waals surface area contributed by atoms with Crippen LogP contribution >= 0.6 is 0 Å². The summed E-state index contributed by atoms with van der Waals surface area (Å²) in [6.45, 7) is 5.35. The van der Waals surface area contributed by atoms with Crippen molar-refractivity contribution in [3.05, 3.63) is 59.2 Å². The number of hydrogen-bond donors (Lipinski definition) is 2. The van der Waals surface area contributed by atoms with Gasteiger partial charge in [-0.2, -0.15) is 0 Å². The Morgan fingerprint density at radius 3 is 2.19 bits per heavy atom. The lowest BCUT2D eigenvalue weighted by Crippen LogP contribution is -2.22. The quantitative estimate of drug-likeness (QED) is 0.733. The summed E-state index contributed by atoms with van der Waals surface area (Å²) in [5.74, 6) is -1.28. The van der Waals surface area contributed by atoms with Crippen molar-refractivity contribution in [1.82, 2.24) is 0 Å². The van der Waals surface area contributed by atoms with Gasteiger partial charge in [-0.25, -0.2) is 0 Å². The molecule has 27 heavy (non-hydrogen) atoms. The Balaban J connectivity index is 1.72. The fourth-order valence-electron chi connectivity index (χ4n) is 2.57. The maximum atomic E-state index is 12.0. The number of esters is 1. The minimum atomic E-state index is -0.592. The van der Waals surface area contributed by atoms with E-state index in [4.69, 9.17) is 4.74 Å². The first-order valence-corrected chi connectivity index (χ1v) is 8.73. The van der Waals surface area contributed by atoms with Gasteiger partial charge in [0.15, 0.2) is 6.61 Å². The topological polar surface area (TPSA) is 84.5 Å². The third kappa shape index (κ3) is 6.58. The fourth-order valence-corrected chi connectivity index (χ4v) is 2.57. The maximum Gasteiger partial charge on any atom is 0.306 e. The highest BCUT2D eigenvalue weighted by molar-refractivity contribution is 5.95. The second-order valence-electron chi connectivity index (χ2n) is 6.39. The maximum absolute atomic E-state index is 12.0. The summed E-state index contributed by atoms with van der Waals surface area (Å²) in [6, 6.07) is 13.0. The van der Waals surface area contributed by atoms with Crippen LogP contribution in [-0.2, 0) is 19.1 Å². The molecule has 0 atom stereocenters. The number of rotatable bonds is 7. The normalized spacial score (nSPS) is 10.2. The molecule has 0 aliphatic rings. The van der Waals surface area contributed by atoms with E-state index in [1.54, 1.807) is 6.07 Å². The molecular formula is C21H24N2O4. The first-order chi connectivity index (χ1) is 12.8. The zero-order valence-corrected chi connectivity index (χ0v) is 15.8. The van der Waals surface area contributed by atoms with Gasteiger partial charge in [-0.1, -0.05) is 30.3 Å². The van der Waals surface area contributed by atoms with Gasteiger partial charge in [0.05, 0.1) is 6.42 Å². The molecule has 0 saturated heterocycles. The first kappa shape index (κ1) is 20.2. The van der Waals surface area contributed by atoms with E-state index in [2.05, 4.69) is 10.6 Å². The highest BCUT2D eigenvalue weighted by Gasteiger charge is 2.12. The molecule has 2 aromatic carbocycles. The average molecular weight is 368 g/mol. The smallest absolute Gasteiger partial charge is 0.306 e.